The lowest BCUT2D eigenvalue weighted by atomic mass is 10.1. The zero-order valence-electron chi connectivity index (χ0n) is 12.5. The maximum Gasteiger partial charge on any atom is 0.416 e. The van der Waals surface area contributed by atoms with Crippen LogP contribution in [-0.4, -0.2) is 26.8 Å². The summed E-state index contributed by atoms with van der Waals surface area (Å²) in [5, 5.41) is 14.6. The number of hydrogen-bond donors (Lipinski definition) is 1. The number of nitrogens with one attached hydrogen (secondary N) is 1. The number of nitrogens with zero attached hydrogens (tertiary/aromatic N) is 4. The lowest BCUT2D eigenvalue weighted by Crippen LogP contribution is -2.11. The van der Waals surface area contributed by atoms with Crippen molar-refractivity contribution in [3.63, 3.8) is 0 Å². The third-order valence-corrected chi connectivity index (χ3v) is 3.45. The fourth-order valence-electron chi connectivity index (χ4n) is 2.22. The Hall–Kier alpha value is -2.90. The van der Waals surface area contributed by atoms with Gasteiger partial charge in [0.05, 0.1) is 11.3 Å². The van der Waals surface area contributed by atoms with E-state index < -0.39 is 11.7 Å². The first-order chi connectivity index (χ1) is 11.5. The normalized spacial score (nSPS) is 11.5. The van der Waals surface area contributed by atoms with Crippen LogP contribution in [0, 0.1) is 0 Å². The number of tetrazole rings is 1. The number of rotatable bonds is 5. The molecule has 5 nitrogen and oxygen atoms in total. The second kappa shape index (κ2) is 6.69. The molecule has 0 bridgehead atoms. The van der Waals surface area contributed by atoms with Gasteiger partial charge in [0.25, 0.3) is 0 Å². The van der Waals surface area contributed by atoms with Gasteiger partial charge in [0, 0.05) is 6.54 Å². The van der Waals surface area contributed by atoms with Crippen LogP contribution in [0.2, 0.25) is 0 Å². The lowest BCUT2D eigenvalue weighted by molar-refractivity contribution is -0.137. The van der Waals surface area contributed by atoms with Crippen LogP contribution in [0.15, 0.2) is 54.6 Å². The predicted octanol–water partition coefficient (Wildman–Crippen LogP) is 3.34. The van der Waals surface area contributed by atoms with Gasteiger partial charge >= 0.3 is 6.18 Å². The van der Waals surface area contributed by atoms with Gasteiger partial charge in [-0.15, -0.1) is 0 Å². The molecule has 2 aromatic carbocycles. The van der Waals surface area contributed by atoms with Crippen LogP contribution in [0.4, 0.5) is 19.1 Å². The van der Waals surface area contributed by atoms with E-state index in [-0.39, 0.29) is 0 Å². The first kappa shape index (κ1) is 16.0. The second-order valence-corrected chi connectivity index (χ2v) is 5.12. The average molecular weight is 333 g/mol. The van der Waals surface area contributed by atoms with E-state index in [4.69, 9.17) is 0 Å². The molecule has 1 heterocycles. The van der Waals surface area contributed by atoms with Gasteiger partial charge in [-0.2, -0.15) is 17.9 Å². The smallest absolute Gasteiger partial charge is 0.352 e. The van der Waals surface area contributed by atoms with Crippen molar-refractivity contribution in [2.45, 2.75) is 12.6 Å². The van der Waals surface area contributed by atoms with E-state index >= 15 is 0 Å². The topological polar surface area (TPSA) is 55.6 Å². The predicted molar refractivity (Wildman–Crippen MR) is 82.8 cm³/mol. The number of anilines is 1. The number of benzene rings is 2. The van der Waals surface area contributed by atoms with E-state index in [1.807, 2.05) is 30.3 Å². The number of para-hydroxylation sites is 1. The zero-order valence-corrected chi connectivity index (χ0v) is 12.5. The average Bonchev–Trinajstić information content (AvgIpc) is 3.04. The maximum atomic E-state index is 12.5. The molecule has 0 spiro atoms. The van der Waals surface area contributed by atoms with Crippen LogP contribution < -0.4 is 5.32 Å². The zero-order chi connectivity index (χ0) is 17.0. The highest BCUT2D eigenvalue weighted by molar-refractivity contribution is 5.38. The quantitative estimate of drug-likeness (QED) is 0.778. The molecule has 8 heteroatoms. The first-order valence-electron chi connectivity index (χ1n) is 7.28. The Bertz CT molecular complexity index is 781. The minimum Gasteiger partial charge on any atom is -0.352 e. The van der Waals surface area contributed by atoms with Gasteiger partial charge in [0.1, 0.15) is 0 Å². The molecule has 0 unspecified atom stereocenters. The van der Waals surface area contributed by atoms with Crippen LogP contribution in [0.3, 0.4) is 0 Å². The van der Waals surface area contributed by atoms with Gasteiger partial charge in [0.2, 0.25) is 5.95 Å². The highest BCUT2D eigenvalue weighted by Crippen LogP contribution is 2.29. The largest absolute Gasteiger partial charge is 0.416 e. The lowest BCUT2D eigenvalue weighted by Gasteiger charge is -2.09. The van der Waals surface area contributed by atoms with Gasteiger partial charge in [-0.05, 0) is 46.7 Å². The van der Waals surface area contributed by atoms with Crippen LogP contribution in [0.1, 0.15) is 11.1 Å². The second-order valence-electron chi connectivity index (χ2n) is 5.12. The number of alkyl halides is 3. The Kier molecular flexibility index (Phi) is 4.45. The molecule has 0 aliphatic rings. The third-order valence-electron chi connectivity index (χ3n) is 3.45. The van der Waals surface area contributed by atoms with Gasteiger partial charge in [-0.25, -0.2) is 0 Å². The Morgan fingerprint density at radius 2 is 1.67 bits per heavy atom. The Morgan fingerprint density at radius 1 is 0.958 bits per heavy atom. The van der Waals surface area contributed by atoms with Gasteiger partial charge in [-0.1, -0.05) is 35.4 Å². The van der Waals surface area contributed by atoms with Crippen molar-refractivity contribution in [1.82, 2.24) is 20.2 Å². The summed E-state index contributed by atoms with van der Waals surface area (Å²) in [6, 6.07) is 14.5. The number of hydrogen-bond acceptors (Lipinski definition) is 4. The summed E-state index contributed by atoms with van der Waals surface area (Å²) in [6.07, 6.45) is -3.76. The molecular formula is C16H14F3N5. The molecule has 3 rings (SSSR count). The van der Waals surface area contributed by atoms with E-state index in [9.17, 15) is 13.2 Å². The van der Waals surface area contributed by atoms with Crippen LogP contribution >= 0.6 is 0 Å². The molecular weight excluding hydrogens is 319 g/mol. The summed E-state index contributed by atoms with van der Waals surface area (Å²) in [7, 11) is 0. The molecule has 1 aromatic heterocycles. The minimum atomic E-state index is -4.31. The summed E-state index contributed by atoms with van der Waals surface area (Å²) in [4.78, 5) is 0. The van der Waals surface area contributed by atoms with Crippen LogP contribution in [0.25, 0.3) is 5.69 Å². The van der Waals surface area contributed by atoms with Crippen molar-refractivity contribution in [3.05, 3.63) is 65.7 Å². The molecule has 0 atom stereocenters. The summed E-state index contributed by atoms with van der Waals surface area (Å²) in [5.41, 5.74) is 0.973. The maximum absolute atomic E-state index is 12.5. The molecule has 0 radical (unpaired) electrons. The molecule has 0 amide bonds. The Balaban J connectivity index is 1.61. The third kappa shape index (κ3) is 3.70. The first-order valence-corrected chi connectivity index (χ1v) is 7.28. The van der Waals surface area contributed by atoms with Gasteiger partial charge in [0.15, 0.2) is 0 Å². The summed E-state index contributed by atoms with van der Waals surface area (Å²) < 4.78 is 39.1. The molecule has 124 valence electrons. The monoisotopic (exact) mass is 333 g/mol. The molecule has 0 aliphatic carbocycles. The fraction of sp³-hybridized carbons (Fsp3) is 0.188. The van der Waals surface area contributed by atoms with E-state index in [1.165, 1.54) is 12.1 Å². The van der Waals surface area contributed by atoms with Crippen molar-refractivity contribution in [2.24, 2.45) is 0 Å². The van der Waals surface area contributed by atoms with E-state index in [2.05, 4.69) is 20.8 Å². The van der Waals surface area contributed by atoms with Crippen molar-refractivity contribution < 1.29 is 13.2 Å². The molecule has 24 heavy (non-hydrogen) atoms. The molecule has 0 saturated carbocycles. The highest BCUT2D eigenvalue weighted by Gasteiger charge is 2.29. The van der Waals surface area contributed by atoms with Crippen molar-refractivity contribution in [2.75, 3.05) is 11.9 Å². The van der Waals surface area contributed by atoms with E-state index in [0.717, 1.165) is 23.4 Å². The summed E-state index contributed by atoms with van der Waals surface area (Å²) in [5.74, 6) is 0.480. The Morgan fingerprint density at radius 3 is 2.33 bits per heavy atom. The minimum absolute atomic E-state index is 0.480. The van der Waals surface area contributed by atoms with E-state index in [0.29, 0.717) is 18.9 Å². The van der Waals surface area contributed by atoms with Crippen LogP contribution in [0.5, 0.6) is 0 Å². The summed E-state index contributed by atoms with van der Waals surface area (Å²) in [6.45, 7) is 0.499. The molecule has 3 aromatic rings. The number of halogens is 3. The van der Waals surface area contributed by atoms with Crippen LogP contribution in [-0.2, 0) is 12.6 Å². The van der Waals surface area contributed by atoms with E-state index in [1.54, 1.807) is 4.68 Å². The SMILES string of the molecule is FC(F)(F)c1ccc(CCNc2nnnn2-c2ccccc2)cc1. The number of aromatic nitrogens is 4. The van der Waals surface area contributed by atoms with Crippen molar-refractivity contribution >= 4 is 5.95 Å². The van der Waals surface area contributed by atoms with Crippen molar-refractivity contribution in [1.29, 1.82) is 0 Å². The Labute approximate surface area is 136 Å². The van der Waals surface area contributed by atoms with Crippen molar-refractivity contribution in [3.8, 4) is 5.69 Å². The summed E-state index contributed by atoms with van der Waals surface area (Å²) >= 11 is 0. The molecule has 0 fully saturated rings. The van der Waals surface area contributed by atoms with Gasteiger partial charge < -0.3 is 5.32 Å². The standard InChI is InChI=1S/C16H14F3N5/c17-16(18,19)13-8-6-12(7-9-13)10-11-20-15-21-22-23-24(15)14-4-2-1-3-5-14/h1-9H,10-11H2,(H,20,21,23). The van der Waals surface area contributed by atoms with Gasteiger partial charge in [-0.3, -0.25) is 0 Å². The highest BCUT2D eigenvalue weighted by atomic mass is 19.4. The molecule has 0 saturated heterocycles. The molecule has 1 N–H and O–H groups in total. The fourth-order valence-corrected chi connectivity index (χ4v) is 2.22. The molecule has 0 aliphatic heterocycles.